The first-order valence-corrected chi connectivity index (χ1v) is 12.7. The van der Waals surface area contributed by atoms with Crippen molar-refractivity contribution >= 4 is 50.8 Å². The van der Waals surface area contributed by atoms with Crippen molar-refractivity contribution in [2.24, 2.45) is 0 Å². The number of hydrogen-bond acceptors (Lipinski definition) is 7. The third kappa shape index (κ3) is 3.64. The van der Waals surface area contributed by atoms with Gasteiger partial charge in [-0.1, -0.05) is 42.1 Å². The van der Waals surface area contributed by atoms with Crippen molar-refractivity contribution in [1.29, 1.82) is 0 Å². The van der Waals surface area contributed by atoms with Crippen molar-refractivity contribution in [3.63, 3.8) is 0 Å². The molecule has 162 valence electrons. The normalized spacial score (nSPS) is 17.9. The molecule has 0 saturated heterocycles. The number of nitro groups is 1. The fourth-order valence-electron chi connectivity index (χ4n) is 4.01. The van der Waals surface area contributed by atoms with Gasteiger partial charge in [0.25, 0.3) is 11.2 Å². The number of fused-ring (bicyclic) bond motifs is 3. The maximum absolute atomic E-state index is 12.8. The lowest BCUT2D eigenvalue weighted by Gasteiger charge is -2.35. The summed E-state index contributed by atoms with van der Waals surface area (Å²) in [5, 5.41) is 12.6. The Bertz CT molecular complexity index is 1380. The summed E-state index contributed by atoms with van der Waals surface area (Å²) in [6, 6.07) is 17.0. The largest absolute Gasteiger partial charge is 0.303 e. The molecule has 0 saturated carbocycles. The van der Waals surface area contributed by atoms with Crippen LogP contribution in [0.3, 0.4) is 0 Å². The molecule has 0 aliphatic carbocycles. The highest BCUT2D eigenvalue weighted by molar-refractivity contribution is 8.03. The van der Waals surface area contributed by atoms with Gasteiger partial charge in [-0.05, 0) is 37.1 Å². The summed E-state index contributed by atoms with van der Waals surface area (Å²) in [5.74, 6) is 0.780. The maximum atomic E-state index is 12.8. The van der Waals surface area contributed by atoms with Crippen molar-refractivity contribution < 1.29 is 4.92 Å². The summed E-state index contributed by atoms with van der Waals surface area (Å²) >= 11 is 4.95. The highest BCUT2D eigenvalue weighted by Gasteiger charge is 2.35. The average Bonchev–Trinajstić information content (AvgIpc) is 3.10. The number of nitro benzene ring substituents is 1. The summed E-state index contributed by atoms with van der Waals surface area (Å²) in [6.45, 7) is 4.03. The monoisotopic (exact) mass is 481 g/mol. The standard InChI is InChI=1S/C23H19N3O3S3/c1-13-14(2)31-22-19(13)21(27)24-23-25(22)20(15-6-4-3-5-7-15)18(12-30-23)32-17-10-8-16(9-11-17)26(28)29/h3-11,18,20H,12H2,1-2H3. The molecule has 0 radical (unpaired) electrons. The average molecular weight is 482 g/mol. The molecule has 1 aliphatic heterocycles. The first kappa shape index (κ1) is 21.2. The Morgan fingerprint density at radius 1 is 1.12 bits per heavy atom. The van der Waals surface area contributed by atoms with Gasteiger partial charge in [0.05, 0.1) is 16.4 Å². The lowest BCUT2D eigenvalue weighted by molar-refractivity contribution is -0.384. The topological polar surface area (TPSA) is 78.0 Å². The Morgan fingerprint density at radius 3 is 2.53 bits per heavy atom. The smallest absolute Gasteiger partial charge is 0.282 e. The quantitative estimate of drug-likeness (QED) is 0.207. The molecule has 1 aliphatic rings. The molecule has 0 amide bonds. The zero-order valence-corrected chi connectivity index (χ0v) is 19.8. The van der Waals surface area contributed by atoms with E-state index in [2.05, 4.69) is 21.7 Å². The van der Waals surface area contributed by atoms with Gasteiger partial charge in [-0.15, -0.1) is 23.1 Å². The Kier molecular flexibility index (Phi) is 5.56. The number of nitrogens with zero attached hydrogens (tertiary/aromatic N) is 3. The summed E-state index contributed by atoms with van der Waals surface area (Å²) < 4.78 is 2.23. The van der Waals surface area contributed by atoms with Crippen molar-refractivity contribution in [3.8, 4) is 0 Å². The number of hydrogen-bond donors (Lipinski definition) is 0. The van der Waals surface area contributed by atoms with E-state index in [9.17, 15) is 14.9 Å². The van der Waals surface area contributed by atoms with Crippen LogP contribution in [-0.4, -0.2) is 25.5 Å². The molecule has 0 bridgehead atoms. The molecule has 0 N–H and O–H groups in total. The zero-order chi connectivity index (χ0) is 22.4. The van der Waals surface area contributed by atoms with Crippen LogP contribution in [0, 0.1) is 24.0 Å². The van der Waals surface area contributed by atoms with Crippen LogP contribution in [0.1, 0.15) is 22.0 Å². The van der Waals surface area contributed by atoms with Gasteiger partial charge >= 0.3 is 0 Å². The third-order valence-electron chi connectivity index (χ3n) is 5.69. The van der Waals surface area contributed by atoms with E-state index in [1.165, 1.54) is 0 Å². The number of non-ortho nitro benzene ring substituents is 1. The molecule has 4 aromatic rings. The van der Waals surface area contributed by atoms with Crippen LogP contribution in [0.2, 0.25) is 0 Å². The van der Waals surface area contributed by atoms with Crippen molar-refractivity contribution in [2.45, 2.75) is 35.2 Å². The molecule has 3 heterocycles. The van der Waals surface area contributed by atoms with E-state index < -0.39 is 0 Å². The van der Waals surface area contributed by atoms with Crippen LogP contribution in [0.4, 0.5) is 5.69 Å². The molecular formula is C23H19N3O3S3. The van der Waals surface area contributed by atoms with Gasteiger partial charge < -0.3 is 4.57 Å². The number of benzene rings is 2. The highest BCUT2D eigenvalue weighted by atomic mass is 32.2. The summed E-state index contributed by atoms with van der Waals surface area (Å²) in [4.78, 5) is 31.0. The van der Waals surface area contributed by atoms with Crippen LogP contribution < -0.4 is 5.56 Å². The molecule has 2 aromatic heterocycles. The molecular weight excluding hydrogens is 462 g/mol. The van der Waals surface area contributed by atoms with E-state index >= 15 is 0 Å². The predicted molar refractivity (Wildman–Crippen MR) is 131 cm³/mol. The lowest BCUT2D eigenvalue weighted by Crippen LogP contribution is -2.32. The lowest BCUT2D eigenvalue weighted by atomic mass is 10.0. The number of aromatic nitrogens is 2. The van der Waals surface area contributed by atoms with Crippen molar-refractivity contribution in [1.82, 2.24) is 9.55 Å². The second-order valence-electron chi connectivity index (χ2n) is 7.61. The van der Waals surface area contributed by atoms with Crippen LogP contribution >= 0.6 is 34.9 Å². The van der Waals surface area contributed by atoms with Crippen LogP contribution in [0.25, 0.3) is 10.2 Å². The number of thiophene rings is 1. The maximum Gasteiger partial charge on any atom is 0.282 e. The molecule has 2 aromatic carbocycles. The molecule has 0 spiro atoms. The zero-order valence-electron chi connectivity index (χ0n) is 17.3. The SMILES string of the molecule is Cc1sc2c(c1C)c(=O)nc1n2C(c2ccccc2)C(Sc2ccc([N+](=O)[O-])cc2)CS1. The predicted octanol–water partition coefficient (Wildman–Crippen LogP) is 5.84. The van der Waals surface area contributed by atoms with Crippen LogP contribution in [0.5, 0.6) is 0 Å². The first-order chi connectivity index (χ1) is 15.4. The van der Waals surface area contributed by atoms with Gasteiger partial charge in [-0.3, -0.25) is 14.9 Å². The molecule has 2 atom stereocenters. The number of thioether (sulfide) groups is 2. The molecule has 5 rings (SSSR count). The molecule has 9 heteroatoms. The van der Waals surface area contributed by atoms with Crippen molar-refractivity contribution in [3.05, 3.63) is 91.1 Å². The third-order valence-corrected chi connectivity index (χ3v) is 9.45. The van der Waals surface area contributed by atoms with Gasteiger partial charge in [0.2, 0.25) is 0 Å². The van der Waals surface area contributed by atoms with Crippen LogP contribution in [-0.2, 0) is 0 Å². The summed E-state index contributed by atoms with van der Waals surface area (Å²) in [6.07, 6.45) is 0. The van der Waals surface area contributed by atoms with E-state index in [1.807, 2.05) is 44.2 Å². The van der Waals surface area contributed by atoms with Gasteiger partial charge in [-0.2, -0.15) is 4.98 Å². The minimum absolute atomic E-state index is 0.0132. The molecule has 0 fully saturated rings. The Morgan fingerprint density at radius 2 is 1.84 bits per heavy atom. The van der Waals surface area contributed by atoms with E-state index in [4.69, 9.17) is 0 Å². The van der Waals surface area contributed by atoms with E-state index in [1.54, 1.807) is 47.0 Å². The second kappa shape index (κ2) is 8.38. The van der Waals surface area contributed by atoms with E-state index in [-0.39, 0.29) is 27.5 Å². The summed E-state index contributed by atoms with van der Waals surface area (Å²) in [7, 11) is 0. The molecule has 32 heavy (non-hydrogen) atoms. The molecule has 2 unspecified atom stereocenters. The summed E-state index contributed by atoms with van der Waals surface area (Å²) in [5.41, 5.74) is 2.09. The second-order valence-corrected chi connectivity index (χ2v) is 11.1. The van der Waals surface area contributed by atoms with Gasteiger partial charge in [-0.25, -0.2) is 0 Å². The fourth-order valence-corrected chi connectivity index (χ4v) is 7.77. The first-order valence-electron chi connectivity index (χ1n) is 10.0. The Hall–Kier alpha value is -2.62. The van der Waals surface area contributed by atoms with Gasteiger partial charge in [0.1, 0.15) is 4.83 Å². The number of aryl methyl sites for hydroxylation is 2. The van der Waals surface area contributed by atoms with E-state index in [0.717, 1.165) is 36.6 Å². The highest BCUT2D eigenvalue weighted by Crippen LogP contribution is 2.45. The minimum atomic E-state index is -0.381. The molecule has 6 nitrogen and oxygen atoms in total. The van der Waals surface area contributed by atoms with Crippen LogP contribution in [0.15, 0.2) is 69.4 Å². The van der Waals surface area contributed by atoms with Crippen molar-refractivity contribution in [2.75, 3.05) is 5.75 Å². The van der Waals surface area contributed by atoms with Gasteiger partial charge in [0, 0.05) is 32.9 Å². The fraction of sp³-hybridized carbons (Fsp3) is 0.217. The number of rotatable bonds is 4. The Labute approximate surface area is 196 Å². The van der Waals surface area contributed by atoms with E-state index in [0.29, 0.717) is 5.39 Å². The Balaban J connectivity index is 1.65. The van der Waals surface area contributed by atoms with Gasteiger partial charge in [0.15, 0.2) is 5.16 Å². The minimum Gasteiger partial charge on any atom is -0.303 e.